The van der Waals surface area contributed by atoms with Gasteiger partial charge in [-0.15, -0.1) is 0 Å². The Hall–Kier alpha value is -3.59. The second-order valence-corrected chi connectivity index (χ2v) is 8.06. The molecule has 9 heteroatoms. The molecule has 0 atom stereocenters. The number of hydrogen-bond donors (Lipinski definition) is 2. The summed E-state index contributed by atoms with van der Waals surface area (Å²) in [6.45, 7) is 6.99. The molecule has 2 aliphatic rings. The van der Waals surface area contributed by atoms with Gasteiger partial charge >= 0.3 is 0 Å². The highest BCUT2D eigenvalue weighted by atomic mass is 16.6. The van der Waals surface area contributed by atoms with E-state index in [0.717, 1.165) is 60.6 Å². The van der Waals surface area contributed by atoms with Gasteiger partial charge in [0.2, 0.25) is 0 Å². The van der Waals surface area contributed by atoms with E-state index in [1.54, 1.807) is 0 Å². The van der Waals surface area contributed by atoms with Gasteiger partial charge in [-0.25, -0.2) is 9.97 Å². The minimum atomic E-state index is 0.568. The molecule has 0 aliphatic carbocycles. The smallest absolute Gasteiger partial charge is 0.161 e. The van der Waals surface area contributed by atoms with Crippen LogP contribution in [-0.4, -0.2) is 71.5 Å². The van der Waals surface area contributed by atoms with Gasteiger partial charge in [0.05, 0.1) is 0 Å². The first-order valence-corrected chi connectivity index (χ1v) is 10.8. The lowest BCUT2D eigenvalue weighted by Gasteiger charge is -2.33. The quantitative estimate of drug-likeness (QED) is 0.635. The fraction of sp³-hybridized carbons (Fsp3) is 0.348. The molecule has 0 radical (unpaired) electrons. The maximum absolute atomic E-state index is 5.69. The number of hydrogen-bond acceptors (Lipinski definition) is 8. The standard InChI is InChI=1S/C23H27N7O2/c1-16-13-22(28-27-16)25-21-15-23(30-9-7-29(2)8-10-30)26-20(24-21)6-4-17-3-5-18-19(14-17)32-12-11-31-18/h3-6,13-15H,7-12H2,1-2H3,(H2,24,25,26,27,28). The normalized spacial score (nSPS) is 16.5. The molecule has 1 aromatic carbocycles. The number of nitrogens with zero attached hydrogens (tertiary/aromatic N) is 5. The fourth-order valence-corrected chi connectivity index (χ4v) is 3.74. The Morgan fingerprint density at radius 1 is 0.938 bits per heavy atom. The van der Waals surface area contributed by atoms with Crippen LogP contribution >= 0.6 is 0 Å². The number of aromatic amines is 1. The maximum Gasteiger partial charge on any atom is 0.161 e. The molecule has 0 bridgehead atoms. The Bertz CT molecular complexity index is 1120. The van der Waals surface area contributed by atoms with Crippen molar-refractivity contribution < 1.29 is 9.47 Å². The van der Waals surface area contributed by atoms with Crippen molar-refractivity contribution >= 4 is 29.6 Å². The number of rotatable bonds is 5. The zero-order chi connectivity index (χ0) is 21.9. The van der Waals surface area contributed by atoms with Gasteiger partial charge in [0, 0.05) is 44.0 Å². The summed E-state index contributed by atoms with van der Waals surface area (Å²) < 4.78 is 11.3. The van der Waals surface area contributed by atoms with Crippen LogP contribution in [0, 0.1) is 6.92 Å². The molecule has 32 heavy (non-hydrogen) atoms. The van der Waals surface area contributed by atoms with Crippen LogP contribution in [0.5, 0.6) is 11.5 Å². The zero-order valence-electron chi connectivity index (χ0n) is 18.3. The number of anilines is 3. The molecule has 2 N–H and O–H groups in total. The number of ether oxygens (including phenoxy) is 2. The molecule has 3 aromatic rings. The summed E-state index contributed by atoms with van der Waals surface area (Å²) in [4.78, 5) is 14.1. The predicted octanol–water partition coefficient (Wildman–Crippen LogP) is 2.95. The van der Waals surface area contributed by atoms with Crippen LogP contribution in [0.2, 0.25) is 0 Å². The highest BCUT2D eigenvalue weighted by Crippen LogP contribution is 2.31. The topological polar surface area (TPSA) is 91.4 Å². The number of nitrogens with one attached hydrogen (secondary N) is 2. The lowest BCUT2D eigenvalue weighted by atomic mass is 10.2. The van der Waals surface area contributed by atoms with Crippen LogP contribution in [0.25, 0.3) is 12.2 Å². The van der Waals surface area contributed by atoms with E-state index in [-0.39, 0.29) is 0 Å². The summed E-state index contributed by atoms with van der Waals surface area (Å²) in [6, 6.07) is 9.84. The average molecular weight is 434 g/mol. The van der Waals surface area contributed by atoms with Crippen molar-refractivity contribution in [3.63, 3.8) is 0 Å². The average Bonchev–Trinajstić information content (AvgIpc) is 3.22. The lowest BCUT2D eigenvalue weighted by Crippen LogP contribution is -2.44. The molecule has 166 valence electrons. The number of fused-ring (bicyclic) bond motifs is 1. The highest BCUT2D eigenvalue weighted by molar-refractivity contribution is 5.70. The minimum absolute atomic E-state index is 0.568. The molecule has 4 heterocycles. The maximum atomic E-state index is 5.69. The van der Waals surface area contributed by atoms with Gasteiger partial charge in [-0.2, -0.15) is 5.10 Å². The third-order valence-corrected chi connectivity index (χ3v) is 5.51. The van der Waals surface area contributed by atoms with Gasteiger partial charge in [-0.05, 0) is 37.7 Å². The predicted molar refractivity (Wildman–Crippen MR) is 125 cm³/mol. The second kappa shape index (κ2) is 8.88. The van der Waals surface area contributed by atoms with Crippen LogP contribution in [0.3, 0.4) is 0 Å². The number of piperazine rings is 1. The van der Waals surface area contributed by atoms with E-state index < -0.39 is 0 Å². The van der Waals surface area contributed by atoms with Crippen molar-refractivity contribution in [2.45, 2.75) is 6.92 Å². The van der Waals surface area contributed by atoms with E-state index in [9.17, 15) is 0 Å². The first-order chi connectivity index (χ1) is 15.6. The van der Waals surface area contributed by atoms with Crippen molar-refractivity contribution in [2.24, 2.45) is 0 Å². The Morgan fingerprint density at radius 3 is 2.53 bits per heavy atom. The first-order valence-electron chi connectivity index (χ1n) is 10.8. The Labute approximate surface area is 187 Å². The fourth-order valence-electron chi connectivity index (χ4n) is 3.74. The first kappa shape index (κ1) is 20.3. The summed E-state index contributed by atoms with van der Waals surface area (Å²) in [5.41, 5.74) is 1.99. The SMILES string of the molecule is Cc1cc(Nc2cc(N3CCN(C)CC3)nc(C=Cc3ccc4c(c3)OCCO4)n2)n[nH]1. The number of aromatic nitrogens is 4. The van der Waals surface area contributed by atoms with E-state index >= 15 is 0 Å². The van der Waals surface area contributed by atoms with E-state index in [1.807, 2.05) is 49.4 Å². The van der Waals surface area contributed by atoms with Gasteiger partial charge < -0.3 is 24.6 Å². The van der Waals surface area contributed by atoms with Crippen molar-refractivity contribution in [1.29, 1.82) is 0 Å². The van der Waals surface area contributed by atoms with E-state index in [0.29, 0.717) is 24.9 Å². The monoisotopic (exact) mass is 433 g/mol. The summed E-state index contributed by atoms with van der Waals surface area (Å²) in [5.74, 6) is 4.52. The lowest BCUT2D eigenvalue weighted by molar-refractivity contribution is 0.171. The molecule has 1 fully saturated rings. The van der Waals surface area contributed by atoms with Gasteiger partial charge in [-0.1, -0.05) is 12.1 Å². The molecule has 0 unspecified atom stereocenters. The summed E-state index contributed by atoms with van der Waals surface area (Å²) in [7, 11) is 2.14. The van der Waals surface area contributed by atoms with Crippen molar-refractivity contribution in [3.8, 4) is 11.5 Å². The molecule has 1 saturated heterocycles. The zero-order valence-corrected chi connectivity index (χ0v) is 18.3. The third kappa shape index (κ3) is 4.67. The summed E-state index contributed by atoms with van der Waals surface area (Å²) >= 11 is 0. The van der Waals surface area contributed by atoms with Crippen LogP contribution in [-0.2, 0) is 0 Å². The number of likely N-dealkylation sites (N-methyl/N-ethyl adjacent to an activating group) is 1. The molecule has 2 aliphatic heterocycles. The van der Waals surface area contributed by atoms with Gasteiger partial charge in [0.1, 0.15) is 24.8 Å². The summed E-state index contributed by atoms with van der Waals surface area (Å²) in [6.07, 6.45) is 3.91. The largest absolute Gasteiger partial charge is 0.486 e. The summed E-state index contributed by atoms with van der Waals surface area (Å²) in [5, 5.41) is 10.5. The van der Waals surface area contributed by atoms with Crippen molar-refractivity contribution in [3.05, 3.63) is 47.4 Å². The second-order valence-electron chi connectivity index (χ2n) is 8.06. The van der Waals surface area contributed by atoms with Crippen molar-refractivity contribution in [2.75, 3.05) is 56.7 Å². The van der Waals surface area contributed by atoms with E-state index in [1.165, 1.54) is 0 Å². The highest BCUT2D eigenvalue weighted by Gasteiger charge is 2.17. The third-order valence-electron chi connectivity index (χ3n) is 5.51. The Morgan fingerprint density at radius 2 is 1.75 bits per heavy atom. The van der Waals surface area contributed by atoms with Crippen LogP contribution < -0.4 is 19.7 Å². The van der Waals surface area contributed by atoms with Gasteiger partial charge in [-0.3, -0.25) is 5.10 Å². The van der Waals surface area contributed by atoms with Gasteiger partial charge in [0.25, 0.3) is 0 Å². The molecular formula is C23H27N7O2. The van der Waals surface area contributed by atoms with Crippen molar-refractivity contribution in [1.82, 2.24) is 25.1 Å². The van der Waals surface area contributed by atoms with Crippen LogP contribution in [0.4, 0.5) is 17.5 Å². The molecule has 5 rings (SSSR count). The number of benzene rings is 1. The number of aryl methyl sites for hydroxylation is 1. The molecule has 0 saturated carbocycles. The Balaban J connectivity index is 1.42. The molecule has 2 aromatic heterocycles. The van der Waals surface area contributed by atoms with E-state index in [2.05, 4.69) is 32.4 Å². The van der Waals surface area contributed by atoms with Gasteiger partial charge in [0.15, 0.2) is 23.1 Å². The van der Waals surface area contributed by atoms with Crippen LogP contribution in [0.1, 0.15) is 17.1 Å². The molecular weight excluding hydrogens is 406 g/mol. The molecule has 0 spiro atoms. The van der Waals surface area contributed by atoms with E-state index in [4.69, 9.17) is 19.4 Å². The van der Waals surface area contributed by atoms with Crippen LogP contribution in [0.15, 0.2) is 30.3 Å². The number of H-pyrrole nitrogens is 1. The Kier molecular flexibility index (Phi) is 5.64. The molecule has 9 nitrogen and oxygen atoms in total. The molecule has 0 amide bonds. The minimum Gasteiger partial charge on any atom is -0.486 e.